The Morgan fingerprint density at radius 3 is 2.27 bits per heavy atom. The van der Waals surface area contributed by atoms with Crippen molar-refractivity contribution in [1.29, 1.82) is 0 Å². The molecule has 2 saturated heterocycles. The number of piperidine rings is 1. The highest BCUT2D eigenvalue weighted by Crippen LogP contribution is 2.39. The highest BCUT2D eigenvalue weighted by molar-refractivity contribution is 6.25. The van der Waals surface area contributed by atoms with Crippen molar-refractivity contribution in [3.05, 3.63) is 82.0 Å². The summed E-state index contributed by atoms with van der Waals surface area (Å²) >= 11 is 0. The van der Waals surface area contributed by atoms with Gasteiger partial charge in [-0.1, -0.05) is 31.7 Å². The standard InChI is InChI=1S/C45H53N7O8.CH2O2/c1-4-51-27-33(30-16-19-46-23-32(30)43(51)56)29-21-37(59-2)34(38(22-29)60-3)26-50-24-28(25-50)20-40(54)48-18-10-8-6-5-7-9-17-47-35-13-11-12-31-41(35)45(58)52(44(31)57)36-14-15-39(53)49-42(36)55;2-1-3/h11-13,16,19,21-23,27-28,36,47H,4-10,14-15,17-18,20,24-26H2,1-3H3,(H,48,54)(H,49,53,55);1H,(H,2,3). The highest BCUT2D eigenvalue weighted by Gasteiger charge is 2.45. The largest absolute Gasteiger partial charge is 0.496 e. The van der Waals surface area contributed by atoms with Crippen molar-refractivity contribution in [2.45, 2.75) is 83.8 Å². The molecule has 2 aromatic heterocycles. The molecule has 334 valence electrons. The van der Waals surface area contributed by atoms with Gasteiger partial charge < -0.3 is 29.8 Å². The van der Waals surface area contributed by atoms with Crippen LogP contribution < -0.4 is 31.0 Å². The number of aryl methyl sites for hydroxylation is 1. The van der Waals surface area contributed by atoms with Crippen LogP contribution in [0, 0.1) is 5.92 Å². The number of hydrogen-bond acceptors (Lipinski definition) is 12. The minimum absolute atomic E-state index is 0.0739. The first kappa shape index (κ1) is 45.9. The summed E-state index contributed by atoms with van der Waals surface area (Å²) in [6.07, 6.45) is 11.8. The average Bonchev–Trinajstić information content (AvgIpc) is 3.52. The van der Waals surface area contributed by atoms with Crippen LogP contribution in [0.15, 0.2) is 59.8 Å². The molecule has 0 spiro atoms. The first-order chi connectivity index (χ1) is 30.5. The van der Waals surface area contributed by atoms with E-state index in [1.807, 2.05) is 31.3 Å². The summed E-state index contributed by atoms with van der Waals surface area (Å²) in [5.74, 6) is -0.294. The van der Waals surface area contributed by atoms with Crippen LogP contribution in [-0.2, 0) is 32.3 Å². The zero-order valence-corrected chi connectivity index (χ0v) is 35.9. The van der Waals surface area contributed by atoms with E-state index in [4.69, 9.17) is 19.4 Å². The average molecular weight is 866 g/mol. The van der Waals surface area contributed by atoms with E-state index in [1.165, 1.54) is 0 Å². The maximum atomic E-state index is 13.3. The molecule has 0 radical (unpaired) electrons. The van der Waals surface area contributed by atoms with Crippen molar-refractivity contribution in [2.24, 2.45) is 5.92 Å². The van der Waals surface area contributed by atoms with E-state index in [2.05, 4.69) is 25.8 Å². The van der Waals surface area contributed by atoms with Gasteiger partial charge in [0.15, 0.2) is 0 Å². The number of imide groups is 2. The third kappa shape index (κ3) is 10.5. The van der Waals surface area contributed by atoms with E-state index in [1.54, 1.807) is 49.4 Å². The summed E-state index contributed by atoms with van der Waals surface area (Å²) in [5.41, 5.74) is 3.75. The van der Waals surface area contributed by atoms with Crippen LogP contribution in [0.2, 0.25) is 0 Å². The maximum absolute atomic E-state index is 13.3. The Labute approximate surface area is 365 Å². The van der Waals surface area contributed by atoms with Gasteiger partial charge in [-0.15, -0.1) is 0 Å². The van der Waals surface area contributed by atoms with Gasteiger partial charge in [-0.3, -0.25) is 53.7 Å². The Bertz CT molecular complexity index is 2390. The second-order valence-electron chi connectivity index (χ2n) is 15.9. The Balaban J connectivity index is 0.00000214. The van der Waals surface area contributed by atoms with Crippen LogP contribution in [0.5, 0.6) is 11.5 Å². The molecule has 3 aliphatic heterocycles. The molecule has 3 aliphatic rings. The predicted molar refractivity (Wildman–Crippen MR) is 235 cm³/mol. The molecule has 4 N–H and O–H groups in total. The quantitative estimate of drug-likeness (QED) is 0.0577. The van der Waals surface area contributed by atoms with Gasteiger partial charge >= 0.3 is 0 Å². The van der Waals surface area contributed by atoms with Crippen molar-refractivity contribution in [3.8, 4) is 22.6 Å². The number of hydrogen-bond donors (Lipinski definition) is 4. The van der Waals surface area contributed by atoms with Gasteiger partial charge in [0.1, 0.15) is 17.5 Å². The second kappa shape index (κ2) is 21.4. The van der Waals surface area contributed by atoms with Crippen LogP contribution in [0.25, 0.3) is 21.9 Å². The molecule has 4 aromatic rings. The van der Waals surface area contributed by atoms with E-state index >= 15 is 0 Å². The molecule has 7 rings (SSSR count). The smallest absolute Gasteiger partial charge is 0.290 e. The van der Waals surface area contributed by atoms with E-state index < -0.39 is 29.7 Å². The molecule has 0 saturated carbocycles. The number of unbranched alkanes of at least 4 members (excludes halogenated alkanes) is 5. The Morgan fingerprint density at radius 2 is 1.60 bits per heavy atom. The second-order valence-corrected chi connectivity index (χ2v) is 15.9. The number of pyridine rings is 2. The lowest BCUT2D eigenvalue weighted by atomic mass is 9.94. The van der Waals surface area contributed by atoms with Crippen LogP contribution in [0.3, 0.4) is 0 Å². The van der Waals surface area contributed by atoms with E-state index in [0.717, 1.165) is 78.6 Å². The third-order valence-corrected chi connectivity index (χ3v) is 11.7. The number of rotatable bonds is 19. The number of benzene rings is 2. The molecule has 0 aliphatic carbocycles. The molecule has 63 heavy (non-hydrogen) atoms. The van der Waals surface area contributed by atoms with E-state index in [9.17, 15) is 28.8 Å². The number of nitrogens with zero attached hydrogens (tertiary/aromatic N) is 4. The SMILES string of the molecule is CCn1cc(-c2cc(OC)c(CN3CC(CC(=O)NCCCCCCCCNc4cccc5c4C(=O)N(C4CCC(=O)NC4=O)C5=O)C3)c(OC)c2)c2ccncc2c1=O.O=CO. The summed E-state index contributed by atoms with van der Waals surface area (Å²) < 4.78 is 13.4. The monoisotopic (exact) mass is 865 g/mol. The number of carbonyl (C=O) groups is 6. The molecule has 1 unspecified atom stereocenters. The van der Waals surface area contributed by atoms with Crippen LogP contribution >= 0.6 is 0 Å². The fourth-order valence-electron chi connectivity index (χ4n) is 8.56. The van der Waals surface area contributed by atoms with Gasteiger partial charge in [0.25, 0.3) is 23.8 Å². The number of anilines is 1. The van der Waals surface area contributed by atoms with Crippen molar-refractivity contribution in [3.63, 3.8) is 0 Å². The zero-order valence-electron chi connectivity index (χ0n) is 35.9. The van der Waals surface area contributed by atoms with Crippen molar-refractivity contribution in [1.82, 2.24) is 30.0 Å². The maximum Gasteiger partial charge on any atom is 0.290 e. The normalized spacial score (nSPS) is 16.2. The summed E-state index contributed by atoms with van der Waals surface area (Å²) in [5, 5.41) is 16.9. The van der Waals surface area contributed by atoms with Gasteiger partial charge in [0, 0.05) is 82.0 Å². The van der Waals surface area contributed by atoms with Gasteiger partial charge in [-0.2, -0.15) is 0 Å². The summed E-state index contributed by atoms with van der Waals surface area (Å²) in [6, 6.07) is 9.93. The highest BCUT2D eigenvalue weighted by atomic mass is 16.5. The molecular weight excluding hydrogens is 811 g/mol. The molecule has 17 nitrogen and oxygen atoms in total. The van der Waals surface area contributed by atoms with Crippen LogP contribution in [0.1, 0.15) is 91.0 Å². The van der Waals surface area contributed by atoms with Gasteiger partial charge in [-0.05, 0) is 73.4 Å². The molecule has 0 bridgehead atoms. The topological polar surface area (TPSA) is 219 Å². The van der Waals surface area contributed by atoms with Crippen LogP contribution in [-0.4, -0.2) is 107 Å². The zero-order chi connectivity index (χ0) is 45.0. The van der Waals surface area contributed by atoms with Crippen molar-refractivity contribution < 1.29 is 43.3 Å². The minimum Gasteiger partial charge on any atom is -0.496 e. The first-order valence-corrected chi connectivity index (χ1v) is 21.4. The fourth-order valence-corrected chi connectivity index (χ4v) is 8.56. The molecule has 5 amide bonds. The molecule has 17 heteroatoms. The minimum atomic E-state index is -0.990. The number of amides is 5. The number of carbonyl (C=O) groups excluding carboxylic acids is 5. The molecule has 2 fully saturated rings. The summed E-state index contributed by atoms with van der Waals surface area (Å²) in [7, 11) is 3.29. The Morgan fingerprint density at radius 1 is 0.921 bits per heavy atom. The first-order valence-electron chi connectivity index (χ1n) is 21.4. The number of likely N-dealkylation sites (tertiary alicyclic amines) is 1. The number of ether oxygens (including phenoxy) is 2. The lowest BCUT2D eigenvalue weighted by Crippen LogP contribution is -2.54. The predicted octanol–water partition coefficient (Wildman–Crippen LogP) is 4.59. The Kier molecular flexibility index (Phi) is 15.6. The van der Waals surface area contributed by atoms with Gasteiger partial charge in [0.2, 0.25) is 17.7 Å². The van der Waals surface area contributed by atoms with Gasteiger partial charge in [-0.25, -0.2) is 0 Å². The number of fused-ring (bicyclic) bond motifs is 2. The van der Waals surface area contributed by atoms with Crippen molar-refractivity contribution in [2.75, 3.05) is 45.7 Å². The van der Waals surface area contributed by atoms with E-state index in [-0.39, 0.29) is 47.8 Å². The molecule has 5 heterocycles. The number of carboxylic acid groups (broad SMARTS) is 1. The van der Waals surface area contributed by atoms with E-state index in [0.29, 0.717) is 55.2 Å². The molecule has 1 atom stereocenters. The van der Waals surface area contributed by atoms with Crippen LogP contribution in [0.4, 0.5) is 5.69 Å². The number of nitrogens with one attached hydrogen (secondary N) is 3. The fraction of sp³-hybridized carbons (Fsp3) is 0.435. The molecule has 2 aromatic carbocycles. The summed E-state index contributed by atoms with van der Waals surface area (Å²) in [4.78, 5) is 91.8. The van der Waals surface area contributed by atoms with Gasteiger partial charge in [0.05, 0.1) is 36.3 Å². The lowest BCUT2D eigenvalue weighted by molar-refractivity contribution is -0.136. The molecular formula is C46H55N7O10. The Hall–Kier alpha value is -6.62. The summed E-state index contributed by atoms with van der Waals surface area (Å²) in [6.45, 7) is 5.74. The van der Waals surface area contributed by atoms with Crippen molar-refractivity contribution >= 4 is 52.5 Å². The lowest BCUT2D eigenvalue weighted by Gasteiger charge is -2.39. The third-order valence-electron chi connectivity index (χ3n) is 11.7. The number of aromatic nitrogens is 2. The number of methoxy groups -OCH3 is 2.